The van der Waals surface area contributed by atoms with Gasteiger partial charge in [0, 0.05) is 38.1 Å². The second-order valence-corrected chi connectivity index (χ2v) is 5.71. The van der Waals surface area contributed by atoms with Crippen molar-refractivity contribution in [3.8, 4) is 0 Å². The third kappa shape index (κ3) is 2.63. The SMILES string of the molecule is CCC(=O)N1CC2CC(C1)N2CC=Cc1ccccc1. The molecule has 1 aromatic rings. The van der Waals surface area contributed by atoms with E-state index in [4.69, 9.17) is 0 Å². The summed E-state index contributed by atoms with van der Waals surface area (Å²) in [5.74, 6) is 0.305. The van der Waals surface area contributed by atoms with Gasteiger partial charge in [0.25, 0.3) is 0 Å². The Morgan fingerprint density at radius 3 is 2.60 bits per heavy atom. The van der Waals surface area contributed by atoms with Crippen LogP contribution >= 0.6 is 0 Å². The Balaban J connectivity index is 1.52. The van der Waals surface area contributed by atoms with E-state index in [1.807, 2.05) is 17.9 Å². The van der Waals surface area contributed by atoms with Gasteiger partial charge in [-0.2, -0.15) is 0 Å². The summed E-state index contributed by atoms with van der Waals surface area (Å²) in [5.41, 5.74) is 1.25. The van der Waals surface area contributed by atoms with Gasteiger partial charge in [0.05, 0.1) is 0 Å². The number of nitrogens with zero attached hydrogens (tertiary/aromatic N) is 2. The zero-order chi connectivity index (χ0) is 13.9. The van der Waals surface area contributed by atoms with Gasteiger partial charge in [-0.1, -0.05) is 49.4 Å². The summed E-state index contributed by atoms with van der Waals surface area (Å²) < 4.78 is 0. The first-order chi connectivity index (χ1) is 9.78. The van der Waals surface area contributed by atoms with E-state index in [9.17, 15) is 4.79 Å². The first-order valence-electron chi connectivity index (χ1n) is 7.53. The smallest absolute Gasteiger partial charge is 0.222 e. The van der Waals surface area contributed by atoms with Crippen LogP contribution in [-0.2, 0) is 4.79 Å². The Labute approximate surface area is 120 Å². The predicted octanol–water partition coefficient (Wildman–Crippen LogP) is 2.39. The molecule has 3 heteroatoms. The van der Waals surface area contributed by atoms with E-state index in [0.29, 0.717) is 24.4 Å². The number of carbonyl (C=O) groups excluding carboxylic acids is 1. The van der Waals surface area contributed by atoms with Crippen molar-refractivity contribution in [2.45, 2.75) is 31.8 Å². The molecule has 3 heterocycles. The van der Waals surface area contributed by atoms with Crippen molar-refractivity contribution in [1.82, 2.24) is 9.80 Å². The minimum atomic E-state index is 0.305. The van der Waals surface area contributed by atoms with Crippen molar-refractivity contribution < 1.29 is 4.79 Å². The molecule has 0 aromatic heterocycles. The van der Waals surface area contributed by atoms with Crippen LogP contribution in [0.15, 0.2) is 36.4 Å². The van der Waals surface area contributed by atoms with E-state index in [1.165, 1.54) is 12.0 Å². The lowest BCUT2D eigenvalue weighted by Gasteiger charge is -2.56. The van der Waals surface area contributed by atoms with Gasteiger partial charge in [-0.15, -0.1) is 0 Å². The van der Waals surface area contributed by atoms with E-state index in [2.05, 4.69) is 41.3 Å². The molecule has 0 aliphatic carbocycles. The molecule has 0 radical (unpaired) electrons. The molecule has 0 saturated carbocycles. The zero-order valence-corrected chi connectivity index (χ0v) is 12.0. The van der Waals surface area contributed by atoms with Gasteiger partial charge in [0.15, 0.2) is 0 Å². The average molecular weight is 270 g/mol. The van der Waals surface area contributed by atoms with Crippen molar-refractivity contribution in [3.63, 3.8) is 0 Å². The number of hydrogen-bond acceptors (Lipinski definition) is 2. The highest BCUT2D eigenvalue weighted by Gasteiger charge is 2.44. The molecule has 0 spiro atoms. The third-order valence-corrected chi connectivity index (χ3v) is 4.43. The monoisotopic (exact) mass is 270 g/mol. The lowest BCUT2D eigenvalue weighted by atomic mass is 9.87. The molecule has 2 bridgehead atoms. The van der Waals surface area contributed by atoms with E-state index in [-0.39, 0.29) is 0 Å². The number of carbonyl (C=O) groups is 1. The lowest BCUT2D eigenvalue weighted by molar-refractivity contribution is -0.142. The largest absolute Gasteiger partial charge is 0.340 e. The van der Waals surface area contributed by atoms with Gasteiger partial charge < -0.3 is 4.90 Å². The van der Waals surface area contributed by atoms with Gasteiger partial charge in [-0.3, -0.25) is 9.69 Å². The minimum Gasteiger partial charge on any atom is -0.340 e. The van der Waals surface area contributed by atoms with Crippen LogP contribution in [0.3, 0.4) is 0 Å². The molecule has 2 atom stereocenters. The van der Waals surface area contributed by atoms with E-state index >= 15 is 0 Å². The summed E-state index contributed by atoms with van der Waals surface area (Å²) >= 11 is 0. The first-order valence-corrected chi connectivity index (χ1v) is 7.53. The van der Waals surface area contributed by atoms with Crippen LogP contribution < -0.4 is 0 Å². The van der Waals surface area contributed by atoms with E-state index in [1.54, 1.807) is 0 Å². The topological polar surface area (TPSA) is 23.6 Å². The molecule has 3 nitrogen and oxygen atoms in total. The highest BCUT2D eigenvalue weighted by Crippen LogP contribution is 2.32. The number of piperazine rings is 1. The number of rotatable bonds is 4. The molecule has 2 unspecified atom stereocenters. The minimum absolute atomic E-state index is 0.305. The standard InChI is InChI=1S/C17H22N2O/c1-2-17(20)18-12-15-11-16(13-18)19(15)10-6-9-14-7-4-3-5-8-14/h3-9,15-16H,2,10-13H2,1H3. The van der Waals surface area contributed by atoms with E-state index < -0.39 is 0 Å². The summed E-state index contributed by atoms with van der Waals surface area (Å²) in [6.45, 7) is 4.78. The second kappa shape index (κ2) is 5.80. The molecule has 20 heavy (non-hydrogen) atoms. The summed E-state index contributed by atoms with van der Waals surface area (Å²) in [4.78, 5) is 16.3. The Morgan fingerprint density at radius 2 is 1.95 bits per heavy atom. The summed E-state index contributed by atoms with van der Waals surface area (Å²) in [6.07, 6.45) is 6.31. The highest BCUT2D eigenvalue weighted by atomic mass is 16.2. The average Bonchev–Trinajstić information content (AvgIpc) is 2.51. The van der Waals surface area contributed by atoms with Gasteiger partial charge in [0.2, 0.25) is 5.91 Å². The predicted molar refractivity (Wildman–Crippen MR) is 81.2 cm³/mol. The molecule has 3 fully saturated rings. The van der Waals surface area contributed by atoms with Crippen LogP contribution in [0.5, 0.6) is 0 Å². The number of fused-ring (bicyclic) bond motifs is 2. The first kappa shape index (κ1) is 13.4. The van der Waals surface area contributed by atoms with Crippen molar-refractivity contribution in [2.24, 2.45) is 0 Å². The van der Waals surface area contributed by atoms with Crippen LogP contribution in [0, 0.1) is 0 Å². The Morgan fingerprint density at radius 1 is 1.25 bits per heavy atom. The maximum Gasteiger partial charge on any atom is 0.222 e. The molecular weight excluding hydrogens is 248 g/mol. The van der Waals surface area contributed by atoms with Gasteiger partial charge in [-0.05, 0) is 12.0 Å². The quantitative estimate of drug-likeness (QED) is 0.839. The van der Waals surface area contributed by atoms with Crippen molar-refractivity contribution in [1.29, 1.82) is 0 Å². The molecular formula is C17H22N2O. The fourth-order valence-corrected chi connectivity index (χ4v) is 3.29. The van der Waals surface area contributed by atoms with Gasteiger partial charge in [-0.25, -0.2) is 0 Å². The highest BCUT2D eigenvalue weighted by molar-refractivity contribution is 5.76. The molecule has 1 amide bonds. The van der Waals surface area contributed by atoms with Crippen LogP contribution in [0.2, 0.25) is 0 Å². The normalized spacial score (nSPS) is 25.8. The summed E-state index contributed by atoms with van der Waals surface area (Å²) in [6, 6.07) is 11.5. The zero-order valence-electron chi connectivity index (χ0n) is 12.0. The van der Waals surface area contributed by atoms with Gasteiger partial charge in [0.1, 0.15) is 0 Å². The maximum absolute atomic E-state index is 11.7. The molecule has 3 aliphatic heterocycles. The third-order valence-electron chi connectivity index (χ3n) is 4.43. The van der Waals surface area contributed by atoms with Crippen LogP contribution in [0.25, 0.3) is 6.08 Å². The number of amides is 1. The van der Waals surface area contributed by atoms with Gasteiger partial charge >= 0.3 is 0 Å². The molecule has 4 rings (SSSR count). The summed E-state index contributed by atoms with van der Waals surface area (Å²) in [7, 11) is 0. The second-order valence-electron chi connectivity index (χ2n) is 5.71. The van der Waals surface area contributed by atoms with Crippen LogP contribution in [0.4, 0.5) is 0 Å². The van der Waals surface area contributed by atoms with Crippen molar-refractivity contribution in [2.75, 3.05) is 19.6 Å². The number of hydrogen-bond donors (Lipinski definition) is 0. The van der Waals surface area contributed by atoms with E-state index in [0.717, 1.165) is 19.6 Å². The Kier molecular flexibility index (Phi) is 3.88. The summed E-state index contributed by atoms with van der Waals surface area (Å²) in [5, 5.41) is 0. The molecule has 0 N–H and O–H groups in total. The Bertz CT molecular complexity index is 485. The number of piperidine rings is 1. The Hall–Kier alpha value is -1.61. The lowest BCUT2D eigenvalue weighted by Crippen LogP contribution is -2.69. The fraction of sp³-hybridized carbons (Fsp3) is 0.471. The van der Waals surface area contributed by atoms with Crippen LogP contribution in [-0.4, -0.2) is 47.4 Å². The molecule has 1 aromatic carbocycles. The molecule has 3 aliphatic rings. The van der Waals surface area contributed by atoms with Crippen LogP contribution in [0.1, 0.15) is 25.3 Å². The van der Waals surface area contributed by atoms with Crippen molar-refractivity contribution >= 4 is 12.0 Å². The maximum atomic E-state index is 11.7. The fourth-order valence-electron chi connectivity index (χ4n) is 3.29. The molecule has 3 saturated heterocycles. The molecule has 106 valence electrons. The number of benzene rings is 1. The van der Waals surface area contributed by atoms with Crippen molar-refractivity contribution in [3.05, 3.63) is 42.0 Å².